The lowest BCUT2D eigenvalue weighted by atomic mass is 9.92. The Labute approximate surface area is 147 Å². The molecule has 0 bridgehead atoms. The third-order valence-electron chi connectivity index (χ3n) is 4.68. The molecule has 126 valence electrons. The zero-order chi connectivity index (χ0) is 17.1. The molecule has 2 aromatic carbocycles. The fourth-order valence-corrected chi connectivity index (χ4v) is 3.39. The van der Waals surface area contributed by atoms with Crippen molar-refractivity contribution in [1.82, 2.24) is 4.90 Å². The lowest BCUT2D eigenvalue weighted by Crippen LogP contribution is -2.21. The highest BCUT2D eigenvalue weighted by Crippen LogP contribution is 2.37. The van der Waals surface area contributed by atoms with E-state index in [9.17, 15) is 0 Å². The van der Waals surface area contributed by atoms with Crippen molar-refractivity contribution in [2.75, 3.05) is 18.0 Å². The Morgan fingerprint density at radius 2 is 1.46 bits per heavy atom. The number of hydrogen-bond donors (Lipinski definition) is 0. The second-order valence-electron chi connectivity index (χ2n) is 7.25. The average molecular weight is 320 g/mol. The lowest BCUT2D eigenvalue weighted by molar-refractivity contribution is 0.383. The van der Waals surface area contributed by atoms with E-state index in [1.165, 1.54) is 22.4 Å². The quantitative estimate of drug-likeness (QED) is 0.742. The summed E-state index contributed by atoms with van der Waals surface area (Å²) >= 11 is 0. The summed E-state index contributed by atoms with van der Waals surface area (Å²) in [5.41, 5.74) is 5.57. The molecule has 1 saturated heterocycles. The largest absolute Gasteiger partial charge is 0.345 e. The van der Waals surface area contributed by atoms with Crippen LogP contribution in [0, 0.1) is 6.67 Å². The molecule has 1 aliphatic rings. The van der Waals surface area contributed by atoms with Gasteiger partial charge in [0.15, 0.2) is 6.67 Å². The number of hydrogen-bond acceptors (Lipinski definition) is 2. The normalized spacial score (nSPS) is 15.7. The third kappa shape index (κ3) is 3.64. The zero-order valence-corrected chi connectivity index (χ0v) is 15.3. The van der Waals surface area contributed by atoms with Gasteiger partial charge in [-0.3, -0.25) is 4.90 Å². The minimum atomic E-state index is 0.517. The monoisotopic (exact) mass is 320 g/mol. The summed E-state index contributed by atoms with van der Waals surface area (Å²) < 4.78 is 0. The second-order valence-corrected chi connectivity index (χ2v) is 7.25. The lowest BCUT2D eigenvalue weighted by Gasteiger charge is -2.27. The molecule has 2 heteroatoms. The van der Waals surface area contributed by atoms with E-state index < -0.39 is 0 Å². The predicted molar refractivity (Wildman–Crippen MR) is 102 cm³/mol. The Bertz CT molecular complexity index is 635. The van der Waals surface area contributed by atoms with Crippen molar-refractivity contribution in [3.05, 3.63) is 71.9 Å². The predicted octanol–water partition coefficient (Wildman–Crippen LogP) is 5.25. The third-order valence-corrected chi connectivity index (χ3v) is 4.68. The van der Waals surface area contributed by atoms with Gasteiger partial charge in [0.25, 0.3) is 0 Å². The van der Waals surface area contributed by atoms with E-state index in [1.807, 2.05) is 0 Å². The van der Waals surface area contributed by atoms with E-state index in [-0.39, 0.29) is 0 Å². The molecule has 3 rings (SSSR count). The van der Waals surface area contributed by atoms with Crippen molar-refractivity contribution in [3.8, 4) is 0 Å². The topological polar surface area (TPSA) is 6.48 Å². The van der Waals surface area contributed by atoms with Crippen molar-refractivity contribution in [2.45, 2.75) is 46.1 Å². The van der Waals surface area contributed by atoms with Crippen molar-refractivity contribution >= 4 is 5.69 Å². The number of benzene rings is 2. The molecule has 0 aromatic heterocycles. The molecule has 1 fully saturated rings. The maximum atomic E-state index is 3.61. The first-order valence-corrected chi connectivity index (χ1v) is 9.01. The molecular formula is C22H28N2. The first kappa shape index (κ1) is 17.0. The van der Waals surface area contributed by atoms with Gasteiger partial charge in [0.1, 0.15) is 0 Å². The van der Waals surface area contributed by atoms with E-state index in [0.717, 1.165) is 19.6 Å². The molecule has 2 aromatic rings. The van der Waals surface area contributed by atoms with Gasteiger partial charge < -0.3 is 4.90 Å². The molecule has 0 amide bonds. The Hall–Kier alpha value is -1.80. The van der Waals surface area contributed by atoms with Crippen LogP contribution in [0.25, 0.3) is 0 Å². The summed E-state index contributed by atoms with van der Waals surface area (Å²) in [5, 5.41) is 0. The zero-order valence-electron chi connectivity index (χ0n) is 15.3. The summed E-state index contributed by atoms with van der Waals surface area (Å²) in [5.74, 6) is 1.03. The molecule has 2 radical (unpaired) electrons. The summed E-state index contributed by atoms with van der Waals surface area (Å²) in [4.78, 5) is 4.64. The number of nitrogens with zero attached hydrogens (tertiary/aromatic N) is 2. The first-order chi connectivity index (χ1) is 11.6. The molecule has 2 nitrogen and oxygen atoms in total. The molecule has 24 heavy (non-hydrogen) atoms. The minimum Gasteiger partial charge on any atom is -0.345 e. The van der Waals surface area contributed by atoms with Crippen LogP contribution < -0.4 is 4.90 Å². The smallest absolute Gasteiger partial charge is 0.177 e. The highest BCUT2D eigenvalue weighted by Gasteiger charge is 2.27. The van der Waals surface area contributed by atoms with Crippen LogP contribution in [-0.2, 0) is 6.54 Å². The Kier molecular flexibility index (Phi) is 5.25. The SMILES string of the molecule is CC(C)c1cccc(C(C)C)c1N1[C]N(Cc2ccccc2)CC1. The minimum absolute atomic E-state index is 0.517. The fraction of sp³-hybridized carbons (Fsp3) is 0.409. The van der Waals surface area contributed by atoms with Crippen LogP contribution in [0.15, 0.2) is 48.5 Å². The number of rotatable bonds is 5. The van der Waals surface area contributed by atoms with Crippen LogP contribution in [-0.4, -0.2) is 18.0 Å². The van der Waals surface area contributed by atoms with E-state index in [1.54, 1.807) is 0 Å². The van der Waals surface area contributed by atoms with Gasteiger partial charge in [-0.25, -0.2) is 0 Å². The average Bonchev–Trinajstić information content (AvgIpc) is 3.03. The van der Waals surface area contributed by atoms with E-state index in [2.05, 4.69) is 92.7 Å². The van der Waals surface area contributed by atoms with Crippen LogP contribution in [0.3, 0.4) is 0 Å². The van der Waals surface area contributed by atoms with E-state index in [4.69, 9.17) is 0 Å². The Morgan fingerprint density at radius 1 is 0.833 bits per heavy atom. The molecule has 0 saturated carbocycles. The van der Waals surface area contributed by atoms with Gasteiger partial charge in [0.05, 0.1) is 0 Å². The molecule has 1 aliphatic heterocycles. The summed E-state index contributed by atoms with van der Waals surface area (Å²) in [7, 11) is 0. The van der Waals surface area contributed by atoms with Gasteiger partial charge in [0, 0.05) is 25.3 Å². The van der Waals surface area contributed by atoms with Gasteiger partial charge in [0.2, 0.25) is 0 Å². The first-order valence-electron chi connectivity index (χ1n) is 9.01. The van der Waals surface area contributed by atoms with Crippen LogP contribution in [0.4, 0.5) is 5.69 Å². The van der Waals surface area contributed by atoms with Crippen molar-refractivity contribution in [2.24, 2.45) is 0 Å². The van der Waals surface area contributed by atoms with Crippen LogP contribution in [0.5, 0.6) is 0 Å². The Morgan fingerprint density at radius 3 is 2.04 bits per heavy atom. The van der Waals surface area contributed by atoms with Crippen molar-refractivity contribution in [1.29, 1.82) is 0 Å². The standard InChI is InChI=1S/C22H28N2/c1-17(2)20-11-8-12-21(18(3)4)22(20)24-14-13-23(16-24)15-19-9-6-5-7-10-19/h5-12,17-18H,13-15H2,1-4H3. The fourth-order valence-electron chi connectivity index (χ4n) is 3.39. The molecule has 0 atom stereocenters. The van der Waals surface area contributed by atoms with Crippen LogP contribution >= 0.6 is 0 Å². The summed E-state index contributed by atoms with van der Waals surface area (Å²) in [6.45, 7) is 15.7. The van der Waals surface area contributed by atoms with E-state index >= 15 is 0 Å². The molecule has 0 spiro atoms. The molecule has 0 unspecified atom stereocenters. The summed E-state index contributed by atoms with van der Waals surface area (Å²) in [6, 6.07) is 17.4. The van der Waals surface area contributed by atoms with Gasteiger partial charge >= 0.3 is 0 Å². The van der Waals surface area contributed by atoms with E-state index in [0.29, 0.717) is 11.8 Å². The highest BCUT2D eigenvalue weighted by molar-refractivity contribution is 5.63. The van der Waals surface area contributed by atoms with Crippen LogP contribution in [0.1, 0.15) is 56.2 Å². The molecular weight excluding hydrogens is 292 g/mol. The maximum Gasteiger partial charge on any atom is 0.177 e. The maximum absolute atomic E-state index is 3.61. The van der Waals surface area contributed by atoms with Crippen LogP contribution in [0.2, 0.25) is 0 Å². The molecule has 0 aliphatic carbocycles. The van der Waals surface area contributed by atoms with Crippen molar-refractivity contribution < 1.29 is 0 Å². The molecule has 1 heterocycles. The molecule has 0 N–H and O–H groups in total. The van der Waals surface area contributed by atoms with Gasteiger partial charge in [-0.05, 0) is 28.5 Å². The Balaban J connectivity index is 1.82. The van der Waals surface area contributed by atoms with Gasteiger partial charge in [-0.2, -0.15) is 0 Å². The summed E-state index contributed by atoms with van der Waals surface area (Å²) in [6.07, 6.45) is 0. The number of para-hydroxylation sites is 1. The van der Waals surface area contributed by atoms with Gasteiger partial charge in [-0.15, -0.1) is 0 Å². The second kappa shape index (κ2) is 7.40. The number of anilines is 1. The van der Waals surface area contributed by atoms with Crippen molar-refractivity contribution in [3.63, 3.8) is 0 Å². The highest BCUT2D eigenvalue weighted by atomic mass is 15.4. The van der Waals surface area contributed by atoms with Gasteiger partial charge in [-0.1, -0.05) is 76.2 Å².